The van der Waals surface area contributed by atoms with Crippen molar-refractivity contribution in [3.8, 4) is 0 Å². The van der Waals surface area contributed by atoms with E-state index in [1.54, 1.807) is 0 Å². The Bertz CT molecular complexity index is 1070. The Morgan fingerprint density at radius 3 is 2.53 bits per heavy atom. The molecule has 0 aromatic heterocycles. The van der Waals surface area contributed by atoms with Crippen LogP contribution in [-0.2, 0) is 14.8 Å². The van der Waals surface area contributed by atoms with Gasteiger partial charge in [-0.15, -0.1) is 0 Å². The number of rotatable bonds is 6. The van der Waals surface area contributed by atoms with E-state index in [9.17, 15) is 27.7 Å². The van der Waals surface area contributed by atoms with Crippen LogP contribution in [0.1, 0.15) is 0 Å². The molecule has 0 bridgehead atoms. The summed E-state index contributed by atoms with van der Waals surface area (Å²) >= 11 is 5.68. The number of nitro groups is 1. The summed E-state index contributed by atoms with van der Waals surface area (Å²) in [6.07, 6.45) is 0. The fourth-order valence-corrected chi connectivity index (χ4v) is 4.95. The topological polar surface area (TPSA) is 114 Å². The molecule has 0 spiro atoms. The van der Waals surface area contributed by atoms with Crippen LogP contribution in [-0.4, -0.2) is 56.3 Å². The zero-order chi connectivity index (χ0) is 21.9. The van der Waals surface area contributed by atoms with Gasteiger partial charge >= 0.3 is 0 Å². The summed E-state index contributed by atoms with van der Waals surface area (Å²) in [6, 6.07) is 9.11. The Morgan fingerprint density at radius 1 is 1.23 bits per heavy atom. The van der Waals surface area contributed by atoms with Crippen LogP contribution < -0.4 is 10.2 Å². The van der Waals surface area contributed by atoms with Gasteiger partial charge in [-0.2, -0.15) is 4.31 Å². The summed E-state index contributed by atoms with van der Waals surface area (Å²) in [6.45, 7) is 0.896. The van der Waals surface area contributed by atoms with Gasteiger partial charge in [0.15, 0.2) is 11.4 Å². The maximum Gasteiger partial charge on any atom is 0.289 e. The van der Waals surface area contributed by atoms with E-state index in [0.29, 0.717) is 13.1 Å². The molecule has 9 nitrogen and oxygen atoms in total. The van der Waals surface area contributed by atoms with Crippen molar-refractivity contribution in [3.05, 3.63) is 63.4 Å². The SMILES string of the molecule is O=C(C[NH+]1CCN(S(=O)(=O)c2ccccc2[N+](=O)[O-])CC1)Nc1ccc(Cl)cc1F. The Kier molecular flexibility index (Phi) is 6.66. The number of halogens is 2. The zero-order valence-electron chi connectivity index (χ0n) is 15.7. The first-order chi connectivity index (χ1) is 14.2. The molecular weight excluding hydrogens is 439 g/mol. The molecule has 1 aliphatic rings. The van der Waals surface area contributed by atoms with Gasteiger partial charge in [-0.1, -0.05) is 23.7 Å². The van der Waals surface area contributed by atoms with E-state index in [-0.39, 0.29) is 35.2 Å². The fraction of sp³-hybridized carbons (Fsp3) is 0.278. The number of nitrogens with zero attached hydrogens (tertiary/aromatic N) is 2. The van der Waals surface area contributed by atoms with Gasteiger partial charge in [0, 0.05) is 11.1 Å². The molecule has 30 heavy (non-hydrogen) atoms. The number of hydrogen-bond acceptors (Lipinski definition) is 5. The second kappa shape index (κ2) is 9.04. The molecule has 3 rings (SSSR count). The molecule has 1 heterocycles. The molecule has 1 fully saturated rings. The van der Waals surface area contributed by atoms with Crippen molar-refractivity contribution >= 4 is 38.9 Å². The van der Waals surface area contributed by atoms with Gasteiger partial charge in [0.1, 0.15) is 5.82 Å². The lowest BCUT2D eigenvalue weighted by Gasteiger charge is -2.31. The number of quaternary nitrogens is 1. The molecule has 2 N–H and O–H groups in total. The van der Waals surface area contributed by atoms with E-state index in [0.717, 1.165) is 17.0 Å². The molecule has 1 amide bonds. The molecule has 0 unspecified atom stereocenters. The van der Waals surface area contributed by atoms with Crippen molar-refractivity contribution < 1.29 is 27.4 Å². The number of piperazine rings is 1. The van der Waals surface area contributed by atoms with E-state index in [1.165, 1.54) is 34.6 Å². The molecule has 0 atom stereocenters. The first-order valence-electron chi connectivity index (χ1n) is 9.00. The van der Waals surface area contributed by atoms with E-state index in [1.807, 2.05) is 0 Å². The number of carbonyl (C=O) groups is 1. The third-order valence-electron chi connectivity index (χ3n) is 4.73. The quantitative estimate of drug-likeness (QED) is 0.494. The van der Waals surface area contributed by atoms with Crippen LogP contribution in [0.3, 0.4) is 0 Å². The van der Waals surface area contributed by atoms with Gasteiger partial charge in [-0.05, 0) is 24.3 Å². The van der Waals surface area contributed by atoms with Crippen molar-refractivity contribution in [2.24, 2.45) is 0 Å². The van der Waals surface area contributed by atoms with E-state index in [4.69, 9.17) is 11.6 Å². The summed E-state index contributed by atoms with van der Waals surface area (Å²) in [5.41, 5.74) is -0.460. The zero-order valence-corrected chi connectivity index (χ0v) is 17.2. The maximum atomic E-state index is 13.8. The van der Waals surface area contributed by atoms with Gasteiger partial charge in [0.25, 0.3) is 11.6 Å². The van der Waals surface area contributed by atoms with Crippen molar-refractivity contribution in [1.82, 2.24) is 4.31 Å². The Balaban J connectivity index is 1.60. The minimum atomic E-state index is -4.03. The van der Waals surface area contributed by atoms with Gasteiger partial charge in [-0.25, -0.2) is 12.8 Å². The van der Waals surface area contributed by atoms with Crippen LogP contribution in [0.15, 0.2) is 47.4 Å². The van der Waals surface area contributed by atoms with Crippen molar-refractivity contribution in [3.63, 3.8) is 0 Å². The molecular formula is C18H19ClFN4O5S+. The molecule has 1 aliphatic heterocycles. The predicted molar refractivity (Wildman–Crippen MR) is 107 cm³/mol. The number of anilines is 1. The molecule has 2 aromatic carbocycles. The number of hydrogen-bond donors (Lipinski definition) is 2. The minimum absolute atomic E-state index is 0.0152. The highest BCUT2D eigenvalue weighted by molar-refractivity contribution is 7.89. The lowest BCUT2D eigenvalue weighted by molar-refractivity contribution is -0.895. The van der Waals surface area contributed by atoms with Crippen LogP contribution in [0.5, 0.6) is 0 Å². The normalized spacial score (nSPS) is 15.7. The summed E-state index contributed by atoms with van der Waals surface area (Å²) in [5.74, 6) is -1.06. The Hall–Kier alpha value is -2.60. The molecule has 2 aromatic rings. The second-order valence-electron chi connectivity index (χ2n) is 6.73. The number of para-hydroxylation sites is 1. The smallest absolute Gasteiger partial charge is 0.289 e. The Morgan fingerprint density at radius 2 is 1.90 bits per heavy atom. The van der Waals surface area contributed by atoms with Gasteiger partial charge in [0.05, 0.1) is 36.8 Å². The number of sulfonamides is 1. The third kappa shape index (κ3) is 4.93. The highest BCUT2D eigenvalue weighted by atomic mass is 35.5. The minimum Gasteiger partial charge on any atom is -0.325 e. The van der Waals surface area contributed by atoms with Gasteiger partial charge < -0.3 is 10.2 Å². The van der Waals surface area contributed by atoms with Gasteiger partial charge in [-0.3, -0.25) is 14.9 Å². The average Bonchev–Trinajstić information content (AvgIpc) is 2.70. The highest BCUT2D eigenvalue weighted by Crippen LogP contribution is 2.26. The summed E-state index contributed by atoms with van der Waals surface area (Å²) in [7, 11) is -4.03. The fourth-order valence-electron chi connectivity index (χ4n) is 3.20. The van der Waals surface area contributed by atoms with E-state index >= 15 is 0 Å². The first kappa shape index (κ1) is 22.1. The Labute approximate surface area is 177 Å². The molecule has 12 heteroatoms. The molecule has 1 saturated heterocycles. The van der Waals surface area contributed by atoms with Crippen LogP contribution in [0, 0.1) is 15.9 Å². The van der Waals surface area contributed by atoms with Crippen molar-refractivity contribution in [2.45, 2.75) is 4.90 Å². The summed E-state index contributed by atoms with van der Waals surface area (Å²) in [4.78, 5) is 23.1. The van der Waals surface area contributed by atoms with Crippen molar-refractivity contribution in [2.75, 3.05) is 38.0 Å². The standard InChI is InChI=1S/C18H18ClFN4O5S/c19-13-5-6-15(14(20)11-13)21-18(25)12-22-7-9-23(10-8-22)30(28,29)17-4-2-1-3-16(17)24(26)27/h1-6,11H,7-10,12H2,(H,21,25)/p+1. The number of benzene rings is 2. The average molecular weight is 458 g/mol. The van der Waals surface area contributed by atoms with Gasteiger partial charge in [0.2, 0.25) is 10.0 Å². The van der Waals surface area contributed by atoms with E-state index < -0.39 is 32.4 Å². The van der Waals surface area contributed by atoms with E-state index in [2.05, 4.69) is 5.32 Å². The van der Waals surface area contributed by atoms with Crippen molar-refractivity contribution in [1.29, 1.82) is 0 Å². The summed E-state index contributed by atoms with van der Waals surface area (Å²) < 4.78 is 40.6. The van der Waals surface area contributed by atoms with Crippen LogP contribution in [0.25, 0.3) is 0 Å². The van der Waals surface area contributed by atoms with Crippen LogP contribution >= 0.6 is 11.6 Å². The third-order valence-corrected chi connectivity index (χ3v) is 6.91. The molecule has 0 radical (unpaired) electrons. The lowest BCUT2D eigenvalue weighted by Crippen LogP contribution is -3.15. The first-order valence-corrected chi connectivity index (χ1v) is 10.8. The largest absolute Gasteiger partial charge is 0.325 e. The number of amides is 1. The number of nitro benzene ring substituents is 1. The second-order valence-corrected chi connectivity index (χ2v) is 9.07. The molecule has 160 valence electrons. The predicted octanol–water partition coefficient (Wildman–Crippen LogP) is 0.915. The summed E-state index contributed by atoms with van der Waals surface area (Å²) in [5, 5.41) is 13.8. The molecule has 0 saturated carbocycles. The lowest BCUT2D eigenvalue weighted by atomic mass is 10.3. The highest BCUT2D eigenvalue weighted by Gasteiger charge is 2.35. The van der Waals surface area contributed by atoms with Crippen LogP contribution in [0.4, 0.5) is 15.8 Å². The number of carbonyl (C=O) groups excluding carboxylic acids is 1. The number of nitrogens with one attached hydrogen (secondary N) is 2. The molecule has 0 aliphatic carbocycles. The van der Waals surface area contributed by atoms with Crippen LogP contribution in [0.2, 0.25) is 5.02 Å². The maximum absolute atomic E-state index is 13.8. The monoisotopic (exact) mass is 457 g/mol.